The summed E-state index contributed by atoms with van der Waals surface area (Å²) in [6, 6.07) is 7.29. The number of hydrogen-bond donors (Lipinski definition) is 2. The number of aliphatic hydroxyl groups is 1. The number of hydrogen-bond acceptors (Lipinski definition) is 4. The Balaban J connectivity index is 1.75. The molecule has 2 atom stereocenters. The highest BCUT2D eigenvalue weighted by Gasteiger charge is 2.36. The molecule has 1 fully saturated rings. The van der Waals surface area contributed by atoms with Crippen molar-refractivity contribution >= 4 is 5.91 Å². The van der Waals surface area contributed by atoms with Crippen LogP contribution >= 0.6 is 0 Å². The van der Waals surface area contributed by atoms with Crippen molar-refractivity contribution in [1.82, 2.24) is 20.1 Å². The lowest BCUT2D eigenvalue weighted by molar-refractivity contribution is -0.0440. The van der Waals surface area contributed by atoms with Crippen LogP contribution in [-0.4, -0.2) is 49.8 Å². The summed E-state index contributed by atoms with van der Waals surface area (Å²) in [5.74, 6) is -0.0413. The molecule has 116 valence electrons. The second-order valence-corrected chi connectivity index (χ2v) is 6.14. The highest BCUT2D eigenvalue weighted by Crippen LogP contribution is 2.28. The van der Waals surface area contributed by atoms with Gasteiger partial charge in [0.25, 0.3) is 5.91 Å². The molecule has 6 nitrogen and oxygen atoms in total. The van der Waals surface area contributed by atoms with E-state index in [1.54, 1.807) is 17.2 Å². The Hall–Kier alpha value is -2.21. The molecule has 22 heavy (non-hydrogen) atoms. The highest BCUT2D eigenvalue weighted by atomic mass is 16.3. The van der Waals surface area contributed by atoms with Crippen LogP contribution in [0.5, 0.6) is 0 Å². The summed E-state index contributed by atoms with van der Waals surface area (Å²) in [6.07, 6.45) is 2.28. The topological polar surface area (TPSA) is 82.1 Å². The van der Waals surface area contributed by atoms with Crippen LogP contribution in [0.3, 0.4) is 0 Å². The lowest BCUT2D eigenvalue weighted by atomic mass is 9.84. The van der Waals surface area contributed by atoms with Gasteiger partial charge < -0.3 is 10.0 Å². The molecule has 1 saturated heterocycles. The maximum absolute atomic E-state index is 12.6. The first kappa shape index (κ1) is 14.7. The predicted octanol–water partition coefficient (Wildman–Crippen LogP) is 1.70. The van der Waals surface area contributed by atoms with Crippen molar-refractivity contribution in [1.29, 1.82) is 0 Å². The molecule has 1 aliphatic heterocycles. The molecular weight excluding hydrogens is 280 g/mol. The van der Waals surface area contributed by atoms with Gasteiger partial charge in [-0.25, -0.2) is 0 Å². The summed E-state index contributed by atoms with van der Waals surface area (Å²) in [4.78, 5) is 18.5. The summed E-state index contributed by atoms with van der Waals surface area (Å²) >= 11 is 0. The van der Waals surface area contributed by atoms with Gasteiger partial charge in [-0.1, -0.05) is 13.0 Å². The van der Waals surface area contributed by atoms with Gasteiger partial charge in [0, 0.05) is 25.2 Å². The fraction of sp³-hybridized carbons (Fsp3) is 0.438. The average molecular weight is 300 g/mol. The molecule has 0 saturated carbocycles. The molecule has 3 heterocycles. The van der Waals surface area contributed by atoms with Gasteiger partial charge in [-0.3, -0.25) is 14.9 Å². The number of aromatic amines is 1. The Morgan fingerprint density at radius 1 is 1.45 bits per heavy atom. The molecule has 0 spiro atoms. The normalized spacial score (nSPS) is 25.2. The van der Waals surface area contributed by atoms with Gasteiger partial charge in [0.15, 0.2) is 0 Å². The first-order valence-electron chi connectivity index (χ1n) is 7.46. The first-order chi connectivity index (χ1) is 10.5. The molecule has 1 amide bonds. The third kappa shape index (κ3) is 2.74. The molecule has 2 unspecified atom stereocenters. The van der Waals surface area contributed by atoms with E-state index < -0.39 is 5.60 Å². The number of carbonyl (C=O) groups is 1. The van der Waals surface area contributed by atoms with E-state index in [-0.39, 0.29) is 11.8 Å². The fourth-order valence-electron chi connectivity index (χ4n) is 2.66. The number of amides is 1. The number of nitrogens with one attached hydrogen (secondary N) is 1. The SMILES string of the molecule is CC1CN(C(=O)c2cc(-c3ccccn3)n[nH]2)CCC1(C)O. The Morgan fingerprint density at radius 2 is 2.27 bits per heavy atom. The third-order valence-electron chi connectivity index (χ3n) is 4.47. The van der Waals surface area contributed by atoms with Crippen molar-refractivity contribution in [3.8, 4) is 11.4 Å². The molecule has 2 N–H and O–H groups in total. The van der Waals surface area contributed by atoms with Crippen LogP contribution in [-0.2, 0) is 0 Å². The van der Waals surface area contributed by atoms with Crippen LogP contribution in [0.1, 0.15) is 30.8 Å². The molecule has 0 aromatic carbocycles. The van der Waals surface area contributed by atoms with Crippen molar-refractivity contribution < 1.29 is 9.90 Å². The van der Waals surface area contributed by atoms with E-state index in [9.17, 15) is 9.90 Å². The maximum atomic E-state index is 12.6. The van der Waals surface area contributed by atoms with Crippen molar-refractivity contribution in [3.63, 3.8) is 0 Å². The summed E-state index contributed by atoms with van der Waals surface area (Å²) in [5, 5.41) is 17.2. The minimum absolute atomic E-state index is 0.0448. The number of aromatic nitrogens is 3. The van der Waals surface area contributed by atoms with Crippen LogP contribution in [0.2, 0.25) is 0 Å². The van der Waals surface area contributed by atoms with Crippen LogP contribution < -0.4 is 0 Å². The highest BCUT2D eigenvalue weighted by molar-refractivity contribution is 5.93. The largest absolute Gasteiger partial charge is 0.390 e. The zero-order chi connectivity index (χ0) is 15.7. The number of carbonyl (C=O) groups excluding carboxylic acids is 1. The standard InChI is InChI=1S/C16H20N4O2/c1-11-10-20(8-6-16(11,2)22)15(21)14-9-13(18-19-14)12-5-3-4-7-17-12/h3-5,7,9,11,22H,6,8,10H2,1-2H3,(H,18,19). The third-order valence-corrected chi connectivity index (χ3v) is 4.47. The number of likely N-dealkylation sites (tertiary alicyclic amines) is 1. The van der Waals surface area contributed by atoms with Gasteiger partial charge in [-0.05, 0) is 31.5 Å². The number of nitrogens with zero attached hydrogens (tertiary/aromatic N) is 3. The van der Waals surface area contributed by atoms with Crippen molar-refractivity contribution in [2.24, 2.45) is 5.92 Å². The van der Waals surface area contributed by atoms with Crippen molar-refractivity contribution in [2.45, 2.75) is 25.9 Å². The van der Waals surface area contributed by atoms with Gasteiger partial charge in [0.1, 0.15) is 11.4 Å². The first-order valence-corrected chi connectivity index (χ1v) is 7.46. The van der Waals surface area contributed by atoms with E-state index in [0.29, 0.717) is 30.9 Å². The lowest BCUT2D eigenvalue weighted by Crippen LogP contribution is -2.50. The quantitative estimate of drug-likeness (QED) is 0.884. The summed E-state index contributed by atoms with van der Waals surface area (Å²) in [5.41, 5.74) is 1.13. The molecule has 6 heteroatoms. The van der Waals surface area contributed by atoms with Crippen molar-refractivity contribution in [2.75, 3.05) is 13.1 Å². The Labute approximate surface area is 129 Å². The Morgan fingerprint density at radius 3 is 2.95 bits per heavy atom. The monoisotopic (exact) mass is 300 g/mol. The lowest BCUT2D eigenvalue weighted by Gasteiger charge is -2.40. The van der Waals surface area contributed by atoms with E-state index in [4.69, 9.17) is 0 Å². The average Bonchev–Trinajstić information content (AvgIpc) is 3.00. The van der Waals surface area contributed by atoms with E-state index >= 15 is 0 Å². The predicted molar refractivity (Wildman–Crippen MR) is 82.1 cm³/mol. The smallest absolute Gasteiger partial charge is 0.271 e. The van der Waals surface area contributed by atoms with Gasteiger partial charge in [0.05, 0.1) is 11.3 Å². The number of pyridine rings is 1. The van der Waals surface area contributed by atoms with E-state index in [2.05, 4.69) is 15.2 Å². The van der Waals surface area contributed by atoms with Gasteiger partial charge in [-0.15, -0.1) is 0 Å². The Bertz CT molecular complexity index is 666. The van der Waals surface area contributed by atoms with Gasteiger partial charge in [0.2, 0.25) is 0 Å². The van der Waals surface area contributed by atoms with Gasteiger partial charge in [-0.2, -0.15) is 5.10 Å². The van der Waals surface area contributed by atoms with E-state index in [0.717, 1.165) is 5.69 Å². The Kier molecular flexibility index (Phi) is 3.70. The maximum Gasteiger partial charge on any atom is 0.271 e. The zero-order valence-corrected chi connectivity index (χ0v) is 12.8. The second kappa shape index (κ2) is 5.53. The summed E-state index contributed by atoms with van der Waals surface area (Å²) in [6.45, 7) is 4.89. The van der Waals surface area contributed by atoms with Crippen LogP contribution in [0.25, 0.3) is 11.4 Å². The van der Waals surface area contributed by atoms with E-state index in [1.807, 2.05) is 32.0 Å². The molecule has 0 radical (unpaired) electrons. The second-order valence-electron chi connectivity index (χ2n) is 6.14. The molecule has 0 aliphatic carbocycles. The summed E-state index contributed by atoms with van der Waals surface area (Å²) in [7, 11) is 0. The van der Waals surface area contributed by atoms with Crippen LogP contribution in [0.15, 0.2) is 30.5 Å². The fourth-order valence-corrected chi connectivity index (χ4v) is 2.66. The minimum atomic E-state index is -0.704. The van der Waals surface area contributed by atoms with E-state index in [1.165, 1.54) is 0 Å². The molecule has 1 aliphatic rings. The zero-order valence-electron chi connectivity index (χ0n) is 12.8. The summed E-state index contributed by atoms with van der Waals surface area (Å²) < 4.78 is 0. The van der Waals surface area contributed by atoms with Crippen LogP contribution in [0, 0.1) is 5.92 Å². The van der Waals surface area contributed by atoms with Crippen molar-refractivity contribution in [3.05, 3.63) is 36.2 Å². The van der Waals surface area contributed by atoms with Crippen LogP contribution in [0.4, 0.5) is 0 Å². The molecule has 2 aromatic heterocycles. The number of H-pyrrole nitrogens is 1. The molecule has 3 rings (SSSR count). The number of rotatable bonds is 2. The molecule has 2 aromatic rings. The minimum Gasteiger partial charge on any atom is -0.390 e. The number of piperidine rings is 1. The molecule has 0 bridgehead atoms. The van der Waals surface area contributed by atoms with Gasteiger partial charge >= 0.3 is 0 Å². The molecular formula is C16H20N4O2.